The first-order valence-electron chi connectivity index (χ1n) is 19.9. The number of nitrogens with one attached hydrogen (secondary N) is 2. The Morgan fingerprint density at radius 1 is 0.940 bits per heavy atom. The molecule has 50 heavy (non-hydrogen) atoms. The molecule has 8 nitrogen and oxygen atoms in total. The Hall–Kier alpha value is -2.51. The number of carbonyl (C=O) groups is 5. The molecule has 0 aromatic carbocycles. The van der Waals surface area contributed by atoms with E-state index >= 15 is 0 Å². The molecule has 0 aliphatic heterocycles. The summed E-state index contributed by atoms with van der Waals surface area (Å²) in [5.41, 5.74) is 1.77. The number of rotatable bonds is 11. The maximum absolute atomic E-state index is 13.8. The summed E-state index contributed by atoms with van der Waals surface area (Å²) in [4.78, 5) is 62.8. The smallest absolute Gasteiger partial charge is 0.306 e. The Morgan fingerprint density at radius 2 is 1.60 bits per heavy atom. The van der Waals surface area contributed by atoms with Gasteiger partial charge in [0.1, 0.15) is 11.3 Å². The third-order valence-electron chi connectivity index (χ3n) is 16.4. The normalized spacial score (nSPS) is 42.4. The topological polar surface area (TPSA) is 130 Å². The number of allylic oxidation sites excluding steroid dienone is 2. The fraction of sp³-hybridized carbons (Fsp3) is 0.833. The zero-order valence-corrected chi connectivity index (χ0v) is 32.0. The molecule has 278 valence electrons. The number of hydrogen-bond acceptors (Lipinski definition) is 5. The molecule has 5 fully saturated rings. The highest BCUT2D eigenvalue weighted by molar-refractivity contribution is 6.00. The SMILES string of the molecule is CC(C)C1=C2C3CCC4C(C)(CCC5C(C)C(CC(=O)C6CC(C(=O)O)C6C)CCC54C)C3CCC2(CCNC(=O)C(C)(C)NC=O)CC1=O. The molecule has 0 bridgehead atoms. The zero-order chi connectivity index (χ0) is 36.6. The predicted molar refractivity (Wildman–Crippen MR) is 193 cm³/mol. The summed E-state index contributed by atoms with van der Waals surface area (Å²) in [6.07, 6.45) is 12.0. The molecule has 12 atom stereocenters. The van der Waals surface area contributed by atoms with E-state index in [1.807, 2.05) is 6.92 Å². The summed E-state index contributed by atoms with van der Waals surface area (Å²) in [7, 11) is 0. The number of amides is 2. The van der Waals surface area contributed by atoms with Gasteiger partial charge in [-0.1, -0.05) is 47.1 Å². The monoisotopic (exact) mass is 692 g/mol. The van der Waals surface area contributed by atoms with E-state index in [1.54, 1.807) is 13.8 Å². The fourth-order valence-electron chi connectivity index (χ4n) is 13.5. The molecule has 0 spiro atoms. The molecule has 5 saturated carbocycles. The molecule has 0 aromatic rings. The zero-order valence-electron chi connectivity index (χ0n) is 32.0. The van der Waals surface area contributed by atoms with Gasteiger partial charge < -0.3 is 15.7 Å². The molecule has 0 aromatic heterocycles. The minimum Gasteiger partial charge on any atom is -0.481 e. The second-order valence-electron chi connectivity index (χ2n) is 19.3. The van der Waals surface area contributed by atoms with Crippen LogP contribution in [0.1, 0.15) is 132 Å². The summed E-state index contributed by atoms with van der Waals surface area (Å²) in [6.45, 7) is 17.8. The van der Waals surface area contributed by atoms with Gasteiger partial charge in [-0.15, -0.1) is 0 Å². The van der Waals surface area contributed by atoms with E-state index in [-0.39, 0.29) is 45.8 Å². The number of aliphatic carboxylic acids is 1. The van der Waals surface area contributed by atoms with Crippen molar-refractivity contribution in [3.05, 3.63) is 11.1 Å². The van der Waals surface area contributed by atoms with Gasteiger partial charge in [-0.3, -0.25) is 24.0 Å². The third kappa shape index (κ3) is 5.81. The van der Waals surface area contributed by atoms with Gasteiger partial charge in [0.15, 0.2) is 5.78 Å². The van der Waals surface area contributed by atoms with Crippen molar-refractivity contribution < 1.29 is 29.1 Å². The van der Waals surface area contributed by atoms with Crippen LogP contribution in [0.5, 0.6) is 0 Å². The van der Waals surface area contributed by atoms with E-state index in [1.165, 1.54) is 24.8 Å². The quantitative estimate of drug-likeness (QED) is 0.197. The first-order chi connectivity index (χ1) is 23.4. The second-order valence-corrected chi connectivity index (χ2v) is 19.3. The molecule has 0 saturated heterocycles. The Balaban J connectivity index is 1.19. The van der Waals surface area contributed by atoms with Gasteiger partial charge in [-0.25, -0.2) is 0 Å². The fourth-order valence-corrected chi connectivity index (χ4v) is 13.5. The van der Waals surface area contributed by atoms with Gasteiger partial charge in [0, 0.05) is 30.7 Å². The average molecular weight is 693 g/mol. The molecule has 0 heterocycles. The lowest BCUT2D eigenvalue weighted by Gasteiger charge is -2.67. The third-order valence-corrected chi connectivity index (χ3v) is 16.4. The Bertz CT molecular complexity index is 1450. The summed E-state index contributed by atoms with van der Waals surface area (Å²) >= 11 is 0. The molecule has 6 aliphatic rings. The van der Waals surface area contributed by atoms with Crippen LogP contribution >= 0.6 is 0 Å². The average Bonchev–Trinajstić information content (AvgIpc) is 3.33. The molecule has 8 heteroatoms. The number of Topliss-reactive ketones (excluding diaryl/α,β-unsaturated/α-hetero) is 2. The van der Waals surface area contributed by atoms with Crippen LogP contribution in [0.2, 0.25) is 0 Å². The molecule has 3 N–H and O–H groups in total. The maximum Gasteiger partial charge on any atom is 0.306 e. The van der Waals surface area contributed by atoms with Crippen LogP contribution in [0, 0.1) is 75.4 Å². The van der Waals surface area contributed by atoms with Crippen LogP contribution in [-0.4, -0.2) is 47.0 Å². The number of carboxylic acid groups (broad SMARTS) is 1. The lowest BCUT2D eigenvalue weighted by Crippen LogP contribution is -2.60. The molecular weight excluding hydrogens is 628 g/mol. The van der Waals surface area contributed by atoms with Crippen LogP contribution < -0.4 is 10.6 Å². The molecular formula is C42H64N2O6. The minimum absolute atomic E-state index is 0.0536. The number of fused-ring (bicyclic) bond motifs is 7. The second kappa shape index (κ2) is 13.2. The van der Waals surface area contributed by atoms with Gasteiger partial charge in [0.05, 0.1) is 5.92 Å². The van der Waals surface area contributed by atoms with Gasteiger partial charge in [0.2, 0.25) is 12.3 Å². The molecule has 0 radical (unpaired) electrons. The van der Waals surface area contributed by atoms with Crippen molar-refractivity contribution >= 4 is 29.9 Å². The van der Waals surface area contributed by atoms with Gasteiger partial charge in [-0.2, -0.15) is 0 Å². The Morgan fingerprint density at radius 3 is 2.24 bits per heavy atom. The minimum atomic E-state index is -0.987. The van der Waals surface area contributed by atoms with E-state index in [2.05, 4.69) is 45.3 Å². The highest BCUT2D eigenvalue weighted by Gasteiger charge is 2.64. The van der Waals surface area contributed by atoms with Crippen molar-refractivity contribution in [2.45, 2.75) is 138 Å². The molecule has 2 amide bonds. The van der Waals surface area contributed by atoms with Crippen LogP contribution in [0.15, 0.2) is 11.1 Å². The standard InChI is InChI=1S/C42H64N2O6/c1-23(2)35-33(47)21-42(17-18-43-38(50)39(5,6)44-22-45)16-13-31-27(36(35)42)9-10-34-40(7)14-11-26(24(3)30(40)12-15-41(31,34)8)19-32(46)28-20-29(25(28)4)37(48)49/h22-31,34H,9-21H2,1-8H3,(H,43,50)(H,44,45)(H,48,49). The first-order valence-corrected chi connectivity index (χ1v) is 19.9. The van der Waals surface area contributed by atoms with Crippen LogP contribution in [-0.2, 0) is 24.0 Å². The summed E-state index contributed by atoms with van der Waals surface area (Å²) in [5, 5.41) is 15.2. The summed E-state index contributed by atoms with van der Waals surface area (Å²) < 4.78 is 0. The lowest BCUT2D eigenvalue weighted by molar-refractivity contribution is -0.172. The highest BCUT2D eigenvalue weighted by atomic mass is 16.4. The summed E-state index contributed by atoms with van der Waals surface area (Å²) in [5.74, 6) is 2.34. The highest BCUT2D eigenvalue weighted by Crippen LogP contribution is 2.72. The van der Waals surface area contributed by atoms with E-state index in [0.29, 0.717) is 79.3 Å². The van der Waals surface area contributed by atoms with E-state index in [0.717, 1.165) is 44.1 Å². The Labute approximate surface area is 300 Å². The van der Waals surface area contributed by atoms with E-state index < -0.39 is 11.5 Å². The van der Waals surface area contributed by atoms with Crippen molar-refractivity contribution in [2.24, 2.45) is 75.4 Å². The van der Waals surface area contributed by atoms with Gasteiger partial charge in [0.25, 0.3) is 0 Å². The van der Waals surface area contributed by atoms with Crippen molar-refractivity contribution in [2.75, 3.05) is 6.54 Å². The van der Waals surface area contributed by atoms with Crippen molar-refractivity contribution in [1.29, 1.82) is 0 Å². The Kier molecular flexibility index (Phi) is 9.81. The van der Waals surface area contributed by atoms with Crippen LogP contribution in [0.25, 0.3) is 0 Å². The van der Waals surface area contributed by atoms with Crippen molar-refractivity contribution in [1.82, 2.24) is 10.6 Å². The molecule has 6 rings (SSSR count). The van der Waals surface area contributed by atoms with E-state index in [4.69, 9.17) is 0 Å². The van der Waals surface area contributed by atoms with E-state index in [9.17, 15) is 29.1 Å². The number of ketones is 2. The predicted octanol–water partition coefficient (Wildman–Crippen LogP) is 7.15. The number of carboxylic acids is 1. The molecule has 6 aliphatic carbocycles. The van der Waals surface area contributed by atoms with Crippen molar-refractivity contribution in [3.63, 3.8) is 0 Å². The largest absolute Gasteiger partial charge is 0.481 e. The van der Waals surface area contributed by atoms with Gasteiger partial charge in [-0.05, 0) is 142 Å². The van der Waals surface area contributed by atoms with Crippen LogP contribution in [0.3, 0.4) is 0 Å². The lowest BCUT2D eigenvalue weighted by atomic mass is 9.37. The number of carbonyl (C=O) groups excluding carboxylic acids is 4. The van der Waals surface area contributed by atoms with Crippen molar-refractivity contribution in [3.8, 4) is 0 Å². The summed E-state index contributed by atoms with van der Waals surface area (Å²) in [6, 6.07) is 0. The van der Waals surface area contributed by atoms with Crippen LogP contribution in [0.4, 0.5) is 0 Å². The first kappa shape index (κ1) is 37.3. The number of hydrogen-bond donors (Lipinski definition) is 3. The van der Waals surface area contributed by atoms with Gasteiger partial charge >= 0.3 is 5.97 Å². The maximum atomic E-state index is 13.8. The molecule has 12 unspecified atom stereocenters.